The van der Waals surface area contributed by atoms with Gasteiger partial charge in [0.1, 0.15) is 0 Å². The summed E-state index contributed by atoms with van der Waals surface area (Å²) in [6.07, 6.45) is 1.17. The molecule has 0 aromatic heterocycles. The van der Waals surface area contributed by atoms with Crippen molar-refractivity contribution < 1.29 is 9.90 Å². The lowest BCUT2D eigenvalue weighted by Crippen LogP contribution is -2.13. The van der Waals surface area contributed by atoms with E-state index in [0.29, 0.717) is 5.92 Å². The minimum absolute atomic E-state index is 0.422. The second-order valence-electron chi connectivity index (χ2n) is 4.98. The molecule has 3 heteroatoms. The van der Waals surface area contributed by atoms with Crippen LogP contribution in [0.15, 0.2) is 24.3 Å². The lowest BCUT2D eigenvalue weighted by atomic mass is 9.93. The van der Waals surface area contributed by atoms with Gasteiger partial charge in [-0.3, -0.25) is 4.79 Å². The molecule has 0 aliphatic carbocycles. The van der Waals surface area contributed by atoms with E-state index in [1.165, 1.54) is 12.0 Å². The maximum Gasteiger partial charge on any atom is 0.310 e. The van der Waals surface area contributed by atoms with Gasteiger partial charge in [0.2, 0.25) is 0 Å². The van der Waals surface area contributed by atoms with Gasteiger partial charge in [-0.2, -0.15) is 0 Å². The summed E-state index contributed by atoms with van der Waals surface area (Å²) in [4.78, 5) is 13.3. The molecule has 2 rings (SSSR count). The van der Waals surface area contributed by atoms with E-state index in [1.807, 2.05) is 12.1 Å². The first-order valence-corrected chi connectivity index (χ1v) is 6.09. The van der Waals surface area contributed by atoms with Crippen LogP contribution in [0.25, 0.3) is 0 Å². The molecule has 1 aromatic carbocycles. The summed E-state index contributed by atoms with van der Waals surface area (Å²) in [6, 6.07) is 8.05. The van der Waals surface area contributed by atoms with Crippen molar-refractivity contribution in [1.82, 2.24) is 4.90 Å². The van der Waals surface area contributed by atoms with Gasteiger partial charge in [0.25, 0.3) is 0 Å². The third-order valence-corrected chi connectivity index (χ3v) is 3.64. The van der Waals surface area contributed by atoms with Crippen LogP contribution >= 0.6 is 0 Å². The number of benzene rings is 1. The normalized spacial score (nSPS) is 22.6. The zero-order chi connectivity index (χ0) is 12.4. The number of likely N-dealkylation sites (N-methyl/N-ethyl adjacent to an activating group) is 1. The van der Waals surface area contributed by atoms with Crippen LogP contribution in [0.2, 0.25) is 0 Å². The fourth-order valence-electron chi connectivity index (χ4n) is 2.43. The Morgan fingerprint density at radius 2 is 2.29 bits per heavy atom. The first kappa shape index (κ1) is 12.1. The van der Waals surface area contributed by atoms with E-state index < -0.39 is 11.9 Å². The molecule has 2 unspecified atom stereocenters. The smallest absolute Gasteiger partial charge is 0.310 e. The molecule has 2 atom stereocenters. The lowest BCUT2D eigenvalue weighted by molar-refractivity contribution is -0.138. The molecule has 0 bridgehead atoms. The van der Waals surface area contributed by atoms with E-state index in [1.54, 1.807) is 6.92 Å². The standard InChI is InChI=1S/C14H19NO2/c1-10(14(16)17)11-4-3-5-12(8-11)13-6-7-15(2)9-13/h3-5,8,10,13H,6-7,9H2,1-2H3,(H,16,17). The number of hydrogen-bond acceptors (Lipinski definition) is 2. The number of carboxylic acids is 1. The Morgan fingerprint density at radius 1 is 1.53 bits per heavy atom. The van der Waals surface area contributed by atoms with Crippen LogP contribution in [0.3, 0.4) is 0 Å². The van der Waals surface area contributed by atoms with Crippen molar-refractivity contribution in [3.8, 4) is 0 Å². The van der Waals surface area contributed by atoms with Crippen molar-refractivity contribution in [3.05, 3.63) is 35.4 Å². The molecule has 1 N–H and O–H groups in total. The topological polar surface area (TPSA) is 40.5 Å². The molecule has 1 aliphatic heterocycles. The van der Waals surface area contributed by atoms with E-state index in [0.717, 1.165) is 18.7 Å². The quantitative estimate of drug-likeness (QED) is 0.870. The molecule has 92 valence electrons. The van der Waals surface area contributed by atoms with E-state index in [4.69, 9.17) is 5.11 Å². The third-order valence-electron chi connectivity index (χ3n) is 3.64. The zero-order valence-corrected chi connectivity index (χ0v) is 10.4. The maximum atomic E-state index is 11.0. The Kier molecular flexibility index (Phi) is 3.48. The summed E-state index contributed by atoms with van der Waals surface area (Å²) in [5.74, 6) is -0.624. The lowest BCUT2D eigenvalue weighted by Gasteiger charge is -2.13. The number of hydrogen-bond donors (Lipinski definition) is 1. The Hall–Kier alpha value is -1.35. The van der Waals surface area contributed by atoms with Crippen LogP contribution in [0.5, 0.6) is 0 Å². The molecule has 1 heterocycles. The predicted molar refractivity (Wildman–Crippen MR) is 67.3 cm³/mol. The van der Waals surface area contributed by atoms with Crippen LogP contribution in [-0.4, -0.2) is 36.1 Å². The Labute approximate surface area is 102 Å². The summed E-state index contributed by atoms with van der Waals surface area (Å²) in [5, 5.41) is 9.03. The second kappa shape index (κ2) is 4.88. The predicted octanol–water partition coefficient (Wildman–Crippen LogP) is 2.29. The van der Waals surface area contributed by atoms with Gasteiger partial charge in [0.15, 0.2) is 0 Å². The fourth-order valence-corrected chi connectivity index (χ4v) is 2.43. The van der Waals surface area contributed by atoms with Crippen LogP contribution < -0.4 is 0 Å². The van der Waals surface area contributed by atoms with Crippen LogP contribution in [0, 0.1) is 0 Å². The molecule has 1 fully saturated rings. The van der Waals surface area contributed by atoms with E-state index in [2.05, 4.69) is 24.1 Å². The third kappa shape index (κ3) is 2.67. The first-order chi connectivity index (χ1) is 8.08. The van der Waals surface area contributed by atoms with E-state index in [9.17, 15) is 4.79 Å². The maximum absolute atomic E-state index is 11.0. The van der Waals surface area contributed by atoms with Crippen LogP contribution in [0.4, 0.5) is 0 Å². The van der Waals surface area contributed by atoms with Gasteiger partial charge >= 0.3 is 5.97 Å². The van der Waals surface area contributed by atoms with Crippen molar-refractivity contribution in [2.24, 2.45) is 0 Å². The number of likely N-dealkylation sites (tertiary alicyclic amines) is 1. The zero-order valence-electron chi connectivity index (χ0n) is 10.4. The van der Waals surface area contributed by atoms with Gasteiger partial charge < -0.3 is 10.0 Å². The van der Waals surface area contributed by atoms with Crippen LogP contribution in [0.1, 0.15) is 36.3 Å². The summed E-state index contributed by atoms with van der Waals surface area (Å²) in [5.41, 5.74) is 2.18. The fraction of sp³-hybridized carbons (Fsp3) is 0.500. The van der Waals surface area contributed by atoms with Crippen LogP contribution in [-0.2, 0) is 4.79 Å². The molecule has 17 heavy (non-hydrogen) atoms. The molecule has 0 amide bonds. The Balaban J connectivity index is 2.19. The molecular formula is C14H19NO2. The summed E-state index contributed by atoms with van der Waals surface area (Å²) >= 11 is 0. The van der Waals surface area contributed by atoms with Gasteiger partial charge in [-0.15, -0.1) is 0 Å². The van der Waals surface area contributed by atoms with Crippen molar-refractivity contribution in [1.29, 1.82) is 0 Å². The average Bonchev–Trinajstić information content (AvgIpc) is 2.75. The molecule has 0 spiro atoms. The molecule has 1 saturated heterocycles. The van der Waals surface area contributed by atoms with Crippen molar-refractivity contribution in [2.45, 2.75) is 25.2 Å². The Bertz CT molecular complexity index is 416. The highest BCUT2D eigenvalue weighted by Gasteiger charge is 2.22. The second-order valence-corrected chi connectivity index (χ2v) is 4.98. The molecule has 1 aromatic rings. The van der Waals surface area contributed by atoms with Crippen molar-refractivity contribution >= 4 is 5.97 Å². The van der Waals surface area contributed by atoms with E-state index in [-0.39, 0.29) is 0 Å². The number of rotatable bonds is 3. The highest BCUT2D eigenvalue weighted by Crippen LogP contribution is 2.28. The van der Waals surface area contributed by atoms with Crippen molar-refractivity contribution in [2.75, 3.05) is 20.1 Å². The SMILES string of the molecule is CC(C(=O)O)c1cccc(C2CCN(C)C2)c1. The molecule has 0 saturated carbocycles. The number of carbonyl (C=O) groups is 1. The minimum atomic E-state index is -0.759. The summed E-state index contributed by atoms with van der Waals surface area (Å²) in [7, 11) is 2.13. The number of nitrogens with zero attached hydrogens (tertiary/aromatic N) is 1. The average molecular weight is 233 g/mol. The number of carboxylic acid groups (broad SMARTS) is 1. The monoisotopic (exact) mass is 233 g/mol. The first-order valence-electron chi connectivity index (χ1n) is 6.09. The summed E-state index contributed by atoms with van der Waals surface area (Å²) < 4.78 is 0. The van der Waals surface area contributed by atoms with E-state index >= 15 is 0 Å². The molecule has 0 radical (unpaired) electrons. The summed E-state index contributed by atoms with van der Waals surface area (Å²) in [6.45, 7) is 3.94. The van der Waals surface area contributed by atoms with Gasteiger partial charge in [-0.1, -0.05) is 24.3 Å². The highest BCUT2D eigenvalue weighted by molar-refractivity contribution is 5.75. The highest BCUT2D eigenvalue weighted by atomic mass is 16.4. The van der Waals surface area contributed by atoms with Gasteiger partial charge in [-0.25, -0.2) is 0 Å². The number of aliphatic carboxylic acids is 1. The van der Waals surface area contributed by atoms with Gasteiger partial charge in [0.05, 0.1) is 5.92 Å². The molecular weight excluding hydrogens is 214 g/mol. The van der Waals surface area contributed by atoms with Gasteiger partial charge in [-0.05, 0) is 44.0 Å². The largest absolute Gasteiger partial charge is 0.481 e. The Morgan fingerprint density at radius 3 is 2.88 bits per heavy atom. The van der Waals surface area contributed by atoms with Gasteiger partial charge in [0, 0.05) is 6.54 Å². The molecule has 1 aliphatic rings. The minimum Gasteiger partial charge on any atom is -0.481 e. The van der Waals surface area contributed by atoms with Crippen molar-refractivity contribution in [3.63, 3.8) is 0 Å². The molecule has 3 nitrogen and oxygen atoms in total.